The summed E-state index contributed by atoms with van der Waals surface area (Å²) in [5.74, 6) is -2.30. The number of carbonyl (C=O) groups is 3. The Kier molecular flexibility index (Phi) is 13.8. The molecule has 1 aliphatic rings. The Balaban J connectivity index is 2.27. The van der Waals surface area contributed by atoms with E-state index >= 15 is 0 Å². The third-order valence-electron chi connectivity index (χ3n) is 5.62. The van der Waals surface area contributed by atoms with Crippen LogP contribution in [-0.4, -0.2) is 112 Å². The summed E-state index contributed by atoms with van der Waals surface area (Å²) in [5, 5.41) is 55.6. The molecule has 13 nitrogen and oxygen atoms in total. The van der Waals surface area contributed by atoms with Crippen LogP contribution in [0, 0.1) is 0 Å². The summed E-state index contributed by atoms with van der Waals surface area (Å²) in [7, 11) is 0. The lowest BCUT2D eigenvalue weighted by Gasteiger charge is -2.40. The highest BCUT2D eigenvalue weighted by Crippen LogP contribution is 2.22. The smallest absolute Gasteiger partial charge is 0.325 e. The van der Waals surface area contributed by atoms with Gasteiger partial charge in [-0.2, -0.15) is 0 Å². The lowest BCUT2D eigenvalue weighted by Crippen LogP contribution is -2.58. The van der Waals surface area contributed by atoms with Crippen molar-refractivity contribution in [3.8, 4) is 0 Å². The highest BCUT2D eigenvalue weighted by molar-refractivity contribution is 6.15. The number of halogens is 1. The number of carbonyl (C=O) groups excluding carboxylic acids is 2. The molecule has 14 heteroatoms. The number of amides is 2. The third kappa shape index (κ3) is 9.58. The highest BCUT2D eigenvalue weighted by Gasteiger charge is 2.42. The van der Waals surface area contributed by atoms with Crippen molar-refractivity contribution in [2.45, 2.75) is 88.2 Å². The number of carboxylic acids is 1. The van der Waals surface area contributed by atoms with Gasteiger partial charge in [-0.3, -0.25) is 14.4 Å². The zero-order valence-corrected chi connectivity index (χ0v) is 20.1. The molecular weight excluding hydrogens is 476 g/mol. The molecule has 9 N–H and O–H groups in total. The largest absolute Gasteiger partial charge is 0.480 e. The molecule has 1 rings (SSSR count). The van der Waals surface area contributed by atoms with Crippen molar-refractivity contribution in [3.63, 3.8) is 0 Å². The van der Waals surface area contributed by atoms with E-state index in [2.05, 4.69) is 20.8 Å². The van der Waals surface area contributed by atoms with Gasteiger partial charge in [-0.15, -0.1) is 0 Å². The monoisotopic (exact) mass is 512 g/mol. The first-order valence-corrected chi connectivity index (χ1v) is 11.6. The van der Waals surface area contributed by atoms with Gasteiger partial charge in [0.2, 0.25) is 11.8 Å². The minimum Gasteiger partial charge on any atom is -0.480 e. The lowest BCUT2D eigenvalue weighted by molar-refractivity contribution is -0.229. The number of hydrogen-bond acceptors (Lipinski definition) is 10. The van der Waals surface area contributed by atoms with E-state index in [-0.39, 0.29) is 0 Å². The molecule has 0 aromatic rings. The van der Waals surface area contributed by atoms with Crippen LogP contribution in [0.1, 0.15) is 39.5 Å². The van der Waals surface area contributed by atoms with E-state index in [1.807, 2.05) is 0 Å². The molecule has 198 valence electrons. The van der Waals surface area contributed by atoms with Crippen molar-refractivity contribution >= 4 is 29.6 Å². The summed E-state index contributed by atoms with van der Waals surface area (Å²) in [4.78, 5) is 37.5. The summed E-state index contributed by atoms with van der Waals surface area (Å²) in [5.41, 5.74) is 0. The SMILES string of the molecule is CC(NC(=O)C(C)NC(=O)C(CCCCNCCC1OC(CO)C(O)C(O)C1O)NCl)C(=O)O. The van der Waals surface area contributed by atoms with Crippen LogP contribution in [0.25, 0.3) is 0 Å². The van der Waals surface area contributed by atoms with Crippen molar-refractivity contribution < 1.29 is 44.7 Å². The molecule has 0 aromatic heterocycles. The molecule has 0 saturated carbocycles. The highest BCUT2D eigenvalue weighted by atomic mass is 35.5. The van der Waals surface area contributed by atoms with Crippen molar-refractivity contribution in [2.75, 3.05) is 19.7 Å². The van der Waals surface area contributed by atoms with Gasteiger partial charge in [-0.25, -0.2) is 4.84 Å². The Hall–Kier alpha value is -1.58. The van der Waals surface area contributed by atoms with Crippen LogP contribution in [-0.2, 0) is 19.1 Å². The van der Waals surface area contributed by atoms with Gasteiger partial charge in [-0.05, 0) is 58.0 Å². The average molecular weight is 513 g/mol. The van der Waals surface area contributed by atoms with E-state index < -0.39 is 73.0 Å². The second-order valence-corrected chi connectivity index (χ2v) is 8.58. The standard InChI is InChI=1S/C20H37ClN4O9/c1-10(18(30)24-11(2)20(32)33)23-19(31)12(25-21)5-3-4-7-22-8-6-13-15(27)17(29)16(28)14(9-26)34-13/h10-17,22,25-29H,3-9H2,1-2H3,(H,23,31)(H,24,30)(H,32,33). The predicted molar refractivity (Wildman–Crippen MR) is 121 cm³/mol. The summed E-state index contributed by atoms with van der Waals surface area (Å²) in [6, 6.07) is -2.77. The molecule has 0 aromatic carbocycles. The van der Waals surface area contributed by atoms with Crippen LogP contribution in [0.5, 0.6) is 0 Å². The number of aliphatic hydroxyl groups excluding tert-OH is 4. The Morgan fingerprint density at radius 1 is 0.912 bits per heavy atom. The first kappa shape index (κ1) is 30.5. The second-order valence-electron chi connectivity index (χ2n) is 8.36. The van der Waals surface area contributed by atoms with E-state index in [1.165, 1.54) is 13.8 Å². The van der Waals surface area contributed by atoms with Crippen LogP contribution >= 0.6 is 11.8 Å². The van der Waals surface area contributed by atoms with Gasteiger partial charge in [0.1, 0.15) is 42.5 Å². The number of unbranched alkanes of at least 4 members (excludes halogenated alkanes) is 1. The van der Waals surface area contributed by atoms with Crippen LogP contribution < -0.4 is 20.8 Å². The Labute approximate surface area is 203 Å². The number of hydrogen-bond donors (Lipinski definition) is 9. The van der Waals surface area contributed by atoms with Crippen molar-refractivity contribution in [1.82, 2.24) is 20.8 Å². The molecule has 8 unspecified atom stereocenters. The average Bonchev–Trinajstić information content (AvgIpc) is 2.80. The van der Waals surface area contributed by atoms with E-state index in [0.717, 1.165) is 0 Å². The van der Waals surface area contributed by atoms with Crippen LogP contribution in [0.2, 0.25) is 0 Å². The van der Waals surface area contributed by atoms with Crippen LogP contribution in [0.15, 0.2) is 0 Å². The van der Waals surface area contributed by atoms with Crippen molar-refractivity contribution in [1.29, 1.82) is 0 Å². The van der Waals surface area contributed by atoms with E-state index in [9.17, 15) is 34.8 Å². The van der Waals surface area contributed by atoms with Gasteiger partial charge in [0.05, 0.1) is 12.7 Å². The van der Waals surface area contributed by atoms with E-state index in [1.54, 1.807) is 0 Å². The molecular formula is C20H37ClN4O9. The Morgan fingerprint density at radius 2 is 1.53 bits per heavy atom. The van der Waals surface area contributed by atoms with Gasteiger partial charge < -0.3 is 46.2 Å². The molecule has 1 saturated heterocycles. The number of aliphatic carboxylic acids is 1. The van der Waals surface area contributed by atoms with Gasteiger partial charge in [0, 0.05) is 0 Å². The predicted octanol–water partition coefficient (Wildman–Crippen LogP) is -2.82. The quantitative estimate of drug-likeness (QED) is 0.0806. The normalized spacial score (nSPS) is 27.4. The molecule has 0 bridgehead atoms. The molecule has 1 aliphatic heterocycles. The summed E-state index contributed by atoms with van der Waals surface area (Å²) in [6.45, 7) is 3.34. The summed E-state index contributed by atoms with van der Waals surface area (Å²) in [6.07, 6.45) is -3.61. The molecule has 2 amide bonds. The molecule has 0 aliphatic carbocycles. The molecule has 34 heavy (non-hydrogen) atoms. The maximum atomic E-state index is 12.3. The zero-order valence-electron chi connectivity index (χ0n) is 19.3. The van der Waals surface area contributed by atoms with Gasteiger partial charge in [-0.1, -0.05) is 6.42 Å². The second kappa shape index (κ2) is 15.4. The molecule has 1 heterocycles. The summed E-state index contributed by atoms with van der Waals surface area (Å²) >= 11 is 5.66. The van der Waals surface area contributed by atoms with E-state index in [0.29, 0.717) is 38.8 Å². The minimum absolute atomic E-state index is 0.357. The first-order valence-electron chi connectivity index (χ1n) is 11.2. The number of rotatable bonds is 15. The Bertz CT molecular complexity index is 658. The van der Waals surface area contributed by atoms with Gasteiger partial charge >= 0.3 is 5.97 Å². The maximum absolute atomic E-state index is 12.3. The van der Waals surface area contributed by atoms with Crippen molar-refractivity contribution in [3.05, 3.63) is 0 Å². The van der Waals surface area contributed by atoms with Gasteiger partial charge in [0.25, 0.3) is 0 Å². The third-order valence-corrected chi connectivity index (χ3v) is 5.89. The fraction of sp³-hybridized carbons (Fsp3) is 0.850. The van der Waals surface area contributed by atoms with E-state index in [4.69, 9.17) is 21.6 Å². The number of aliphatic hydroxyl groups is 4. The number of carboxylic acid groups (broad SMARTS) is 1. The number of nitrogens with one attached hydrogen (secondary N) is 4. The minimum atomic E-state index is -1.39. The summed E-state index contributed by atoms with van der Waals surface area (Å²) < 4.78 is 5.44. The van der Waals surface area contributed by atoms with Gasteiger partial charge in [0.15, 0.2) is 0 Å². The first-order chi connectivity index (χ1) is 16.0. The molecule has 0 radical (unpaired) electrons. The molecule has 1 fully saturated rings. The van der Waals surface area contributed by atoms with Crippen LogP contribution in [0.4, 0.5) is 0 Å². The molecule has 0 spiro atoms. The fourth-order valence-electron chi connectivity index (χ4n) is 3.40. The topological polar surface area (TPSA) is 210 Å². The lowest BCUT2D eigenvalue weighted by atomic mass is 9.93. The Morgan fingerprint density at radius 3 is 2.12 bits per heavy atom. The van der Waals surface area contributed by atoms with Crippen molar-refractivity contribution in [2.24, 2.45) is 0 Å². The maximum Gasteiger partial charge on any atom is 0.325 e. The molecule has 8 atom stereocenters. The fourth-order valence-corrected chi connectivity index (χ4v) is 3.61. The van der Waals surface area contributed by atoms with Crippen LogP contribution in [0.3, 0.4) is 0 Å². The zero-order chi connectivity index (χ0) is 25.8. The number of ether oxygens (including phenoxy) is 1.